The third kappa shape index (κ3) is 4.15. The Bertz CT molecular complexity index is 1080. The van der Waals surface area contributed by atoms with Crippen molar-refractivity contribution in [1.29, 1.82) is 0 Å². The van der Waals surface area contributed by atoms with E-state index in [0.29, 0.717) is 0 Å². The van der Waals surface area contributed by atoms with Crippen molar-refractivity contribution in [2.24, 2.45) is 10.6 Å². The summed E-state index contributed by atoms with van der Waals surface area (Å²) in [5.74, 6) is -0.791. The molecule has 6 nitrogen and oxygen atoms in total. The van der Waals surface area contributed by atoms with Gasteiger partial charge in [0.2, 0.25) is 10.0 Å². The van der Waals surface area contributed by atoms with Crippen LogP contribution in [0, 0.1) is 5.41 Å². The fourth-order valence-corrected chi connectivity index (χ4v) is 4.19. The van der Waals surface area contributed by atoms with E-state index in [2.05, 4.69) is 5.32 Å². The van der Waals surface area contributed by atoms with E-state index in [0.717, 1.165) is 23.8 Å². The van der Waals surface area contributed by atoms with Crippen LogP contribution >= 0.6 is 0 Å². The topological polar surface area (TPSA) is 98.5 Å². The molecule has 2 aromatic carbocycles. The molecule has 0 saturated heterocycles. The minimum Gasteiger partial charge on any atom is -0.496 e. The first-order valence-corrected chi connectivity index (χ1v) is 10.5. The van der Waals surface area contributed by atoms with Gasteiger partial charge < -0.3 is 10.1 Å². The fraction of sp³-hybridized carbons (Fsp3) is 0.350. The third-order valence-corrected chi connectivity index (χ3v) is 6.38. The minimum absolute atomic E-state index is 0.0287. The van der Waals surface area contributed by atoms with Gasteiger partial charge in [0.1, 0.15) is 5.75 Å². The molecule has 162 valence electrons. The second-order valence-electron chi connectivity index (χ2n) is 7.78. The summed E-state index contributed by atoms with van der Waals surface area (Å²) >= 11 is 0. The quantitative estimate of drug-likeness (QED) is 0.743. The molecule has 30 heavy (non-hydrogen) atoms. The number of hydrogen-bond donors (Lipinski definition) is 2. The van der Waals surface area contributed by atoms with Crippen LogP contribution in [0.4, 0.5) is 13.2 Å². The predicted molar refractivity (Wildman–Crippen MR) is 104 cm³/mol. The van der Waals surface area contributed by atoms with Gasteiger partial charge >= 0.3 is 6.18 Å². The zero-order chi connectivity index (χ0) is 22.5. The van der Waals surface area contributed by atoms with Crippen LogP contribution in [0.25, 0.3) is 0 Å². The molecule has 3 rings (SSSR count). The Balaban J connectivity index is 1.84. The minimum atomic E-state index is -4.59. The van der Waals surface area contributed by atoms with Gasteiger partial charge in [-0.15, -0.1) is 0 Å². The number of nitrogens with two attached hydrogens (primary N) is 1. The summed E-state index contributed by atoms with van der Waals surface area (Å²) in [6.45, 7) is 3.80. The van der Waals surface area contributed by atoms with E-state index in [-0.39, 0.29) is 33.6 Å². The largest absolute Gasteiger partial charge is 0.496 e. The highest BCUT2D eigenvalue weighted by atomic mass is 32.2. The highest BCUT2D eigenvalue weighted by molar-refractivity contribution is 7.89. The summed E-state index contributed by atoms with van der Waals surface area (Å²) in [7, 11) is -2.55. The Hall–Kier alpha value is -2.59. The van der Waals surface area contributed by atoms with Crippen molar-refractivity contribution in [3.8, 4) is 5.75 Å². The van der Waals surface area contributed by atoms with Gasteiger partial charge in [-0.1, -0.05) is 26.0 Å². The smallest absolute Gasteiger partial charge is 0.416 e. The van der Waals surface area contributed by atoms with Crippen LogP contribution in [-0.2, 0) is 16.2 Å². The molecule has 0 aliphatic heterocycles. The van der Waals surface area contributed by atoms with Gasteiger partial charge in [0.05, 0.1) is 23.1 Å². The van der Waals surface area contributed by atoms with Crippen LogP contribution in [0.1, 0.15) is 41.3 Å². The lowest BCUT2D eigenvalue weighted by atomic mass is 10.0. The third-order valence-electron chi connectivity index (χ3n) is 5.45. The molecule has 0 aromatic heterocycles. The van der Waals surface area contributed by atoms with E-state index in [1.807, 2.05) is 13.8 Å². The highest BCUT2D eigenvalue weighted by Crippen LogP contribution is 2.58. The zero-order valence-electron chi connectivity index (χ0n) is 16.4. The molecule has 1 amide bonds. The number of hydrogen-bond acceptors (Lipinski definition) is 4. The Morgan fingerprint density at radius 3 is 2.23 bits per heavy atom. The average Bonchev–Trinajstić information content (AvgIpc) is 3.19. The number of carbonyl (C=O) groups excluding carboxylic acids is 1. The maximum absolute atomic E-state index is 13.0. The second-order valence-corrected chi connectivity index (χ2v) is 9.34. The highest BCUT2D eigenvalue weighted by Gasteiger charge is 2.59. The number of rotatable bonds is 5. The maximum atomic E-state index is 13.0. The molecule has 0 bridgehead atoms. The van der Waals surface area contributed by atoms with Crippen LogP contribution in [0.2, 0.25) is 0 Å². The van der Waals surface area contributed by atoms with E-state index < -0.39 is 27.7 Å². The van der Waals surface area contributed by atoms with Crippen LogP contribution in [0.15, 0.2) is 47.4 Å². The van der Waals surface area contributed by atoms with Crippen molar-refractivity contribution in [2.45, 2.75) is 36.9 Å². The van der Waals surface area contributed by atoms with Gasteiger partial charge in [-0.05, 0) is 41.3 Å². The SMILES string of the molecule is COc1ccc(C(F)(F)F)cc1C(=O)N[C@H]1[C@H](c2ccc(S(N)(=O)=O)cc2)C1(C)C. The summed E-state index contributed by atoms with van der Waals surface area (Å²) in [6, 6.07) is 8.36. The van der Waals surface area contributed by atoms with Crippen molar-refractivity contribution >= 4 is 15.9 Å². The van der Waals surface area contributed by atoms with Crippen molar-refractivity contribution in [1.82, 2.24) is 5.32 Å². The number of methoxy groups -OCH3 is 1. The number of ether oxygens (including phenoxy) is 1. The number of sulfonamides is 1. The first-order chi connectivity index (χ1) is 13.8. The molecular formula is C20H21F3N2O4S. The first kappa shape index (κ1) is 22.1. The average molecular weight is 442 g/mol. The number of primary sulfonamides is 1. The second kappa shape index (κ2) is 7.28. The van der Waals surface area contributed by atoms with Crippen molar-refractivity contribution < 1.29 is 31.1 Å². The number of amides is 1. The van der Waals surface area contributed by atoms with Gasteiger partial charge in [-0.3, -0.25) is 4.79 Å². The lowest BCUT2D eigenvalue weighted by molar-refractivity contribution is -0.137. The number of benzene rings is 2. The molecular weight excluding hydrogens is 421 g/mol. The number of alkyl halides is 3. The number of carbonyl (C=O) groups is 1. The Morgan fingerprint density at radius 2 is 1.73 bits per heavy atom. The molecule has 2 aromatic rings. The number of nitrogens with one attached hydrogen (secondary N) is 1. The molecule has 3 N–H and O–H groups in total. The van der Waals surface area contributed by atoms with Crippen LogP contribution in [0.3, 0.4) is 0 Å². The Kier molecular flexibility index (Phi) is 5.36. The van der Waals surface area contributed by atoms with E-state index in [1.54, 1.807) is 12.1 Å². The van der Waals surface area contributed by atoms with Crippen molar-refractivity contribution in [3.63, 3.8) is 0 Å². The lowest BCUT2D eigenvalue weighted by Gasteiger charge is -2.13. The zero-order valence-corrected chi connectivity index (χ0v) is 17.3. The molecule has 0 radical (unpaired) electrons. The van der Waals surface area contributed by atoms with Crippen LogP contribution < -0.4 is 15.2 Å². The van der Waals surface area contributed by atoms with Crippen molar-refractivity contribution in [2.75, 3.05) is 7.11 Å². The first-order valence-electron chi connectivity index (χ1n) is 8.95. The molecule has 1 aliphatic carbocycles. The summed E-state index contributed by atoms with van der Waals surface area (Å²) in [6.07, 6.45) is -4.59. The van der Waals surface area contributed by atoms with Gasteiger partial charge in [0.25, 0.3) is 5.91 Å². The fourth-order valence-electron chi connectivity index (χ4n) is 3.67. The summed E-state index contributed by atoms with van der Waals surface area (Å²) in [5, 5.41) is 7.88. The number of halogens is 3. The predicted octanol–water partition coefficient (Wildman–Crippen LogP) is 3.28. The van der Waals surface area contributed by atoms with Crippen LogP contribution in [0.5, 0.6) is 5.75 Å². The summed E-state index contributed by atoms with van der Waals surface area (Å²) in [4.78, 5) is 12.7. The van der Waals surface area contributed by atoms with Crippen molar-refractivity contribution in [3.05, 3.63) is 59.2 Å². The van der Waals surface area contributed by atoms with Gasteiger partial charge in [0, 0.05) is 12.0 Å². The molecule has 0 unspecified atom stereocenters. The van der Waals surface area contributed by atoms with E-state index in [1.165, 1.54) is 19.2 Å². The molecule has 1 aliphatic rings. The Morgan fingerprint density at radius 1 is 1.13 bits per heavy atom. The normalized spacial score (nSPS) is 20.5. The van der Waals surface area contributed by atoms with Gasteiger partial charge in [0.15, 0.2) is 0 Å². The van der Waals surface area contributed by atoms with E-state index in [9.17, 15) is 26.4 Å². The standard InChI is InChI=1S/C20H21F3N2O4S/c1-19(2)16(11-4-7-13(8-5-11)30(24,27)28)17(19)25-18(26)14-10-12(20(21,22)23)6-9-15(14)29-3/h4-10,16-17H,1-3H3,(H,25,26)(H2,24,27,28)/t16-,17-/m0/s1. The Labute approximate surface area is 172 Å². The molecule has 10 heteroatoms. The maximum Gasteiger partial charge on any atom is 0.416 e. The monoisotopic (exact) mass is 442 g/mol. The molecule has 1 saturated carbocycles. The lowest BCUT2D eigenvalue weighted by Crippen LogP contribution is -2.29. The van der Waals surface area contributed by atoms with Crippen LogP contribution in [-0.4, -0.2) is 27.5 Å². The van der Waals surface area contributed by atoms with E-state index in [4.69, 9.17) is 9.88 Å². The van der Waals surface area contributed by atoms with Gasteiger partial charge in [-0.2, -0.15) is 13.2 Å². The molecule has 2 atom stereocenters. The van der Waals surface area contributed by atoms with Gasteiger partial charge in [-0.25, -0.2) is 13.6 Å². The summed E-state index contributed by atoms with van der Waals surface area (Å²) in [5.41, 5.74) is -0.751. The molecule has 1 fully saturated rings. The van der Waals surface area contributed by atoms with E-state index >= 15 is 0 Å². The summed E-state index contributed by atoms with van der Waals surface area (Å²) < 4.78 is 67.0. The molecule has 0 spiro atoms. The molecule has 0 heterocycles.